The van der Waals surface area contributed by atoms with Crippen molar-refractivity contribution in [3.8, 4) is 0 Å². The van der Waals surface area contributed by atoms with E-state index in [4.69, 9.17) is 15.6 Å². The zero-order valence-electron chi connectivity index (χ0n) is 10.7. The molecule has 106 valence electrons. The van der Waals surface area contributed by atoms with Gasteiger partial charge in [0.05, 0.1) is 12.8 Å². The lowest BCUT2D eigenvalue weighted by Crippen LogP contribution is -2.63. The summed E-state index contributed by atoms with van der Waals surface area (Å²) in [7, 11) is -3.67. The Bertz CT molecular complexity index is 438. The van der Waals surface area contributed by atoms with E-state index < -0.39 is 39.6 Å². The topological polar surface area (TPSA) is 136 Å². The second-order valence-corrected chi connectivity index (χ2v) is 6.70. The Balaban J connectivity index is 5.05. The number of aliphatic carboxylic acids is 1. The highest BCUT2D eigenvalue weighted by Crippen LogP contribution is 2.13. The zero-order chi connectivity index (χ0) is 14.8. The molecule has 9 heteroatoms. The van der Waals surface area contributed by atoms with E-state index in [2.05, 4.69) is 0 Å². The predicted octanol–water partition coefficient (Wildman–Crippen LogP) is -1.34. The van der Waals surface area contributed by atoms with Gasteiger partial charge < -0.3 is 15.6 Å². The van der Waals surface area contributed by atoms with Crippen molar-refractivity contribution in [3.05, 3.63) is 0 Å². The number of carbonyl (C=O) groups excluding carboxylic acids is 1. The molecular weight excluding hydrogens is 264 g/mol. The minimum atomic E-state index is -3.67. The van der Waals surface area contributed by atoms with Crippen LogP contribution in [0.4, 0.5) is 0 Å². The molecule has 0 saturated heterocycles. The fourth-order valence-corrected chi connectivity index (χ4v) is 1.34. The van der Waals surface area contributed by atoms with Crippen LogP contribution in [0.2, 0.25) is 0 Å². The minimum Gasteiger partial charge on any atom is -0.479 e. The third-order valence-electron chi connectivity index (χ3n) is 1.76. The van der Waals surface area contributed by atoms with Gasteiger partial charge in [-0.1, -0.05) is 0 Å². The number of ether oxygens (including phenoxy) is 1. The molecule has 0 spiro atoms. The van der Waals surface area contributed by atoms with Gasteiger partial charge in [-0.2, -0.15) is 0 Å². The molecule has 0 aliphatic carbocycles. The van der Waals surface area contributed by atoms with Gasteiger partial charge in [0, 0.05) is 0 Å². The lowest BCUT2D eigenvalue weighted by atomic mass is 10.0. The van der Waals surface area contributed by atoms with E-state index in [-0.39, 0.29) is 0 Å². The average Bonchev–Trinajstić information content (AvgIpc) is 2.09. The van der Waals surface area contributed by atoms with E-state index in [9.17, 15) is 18.0 Å². The molecule has 0 saturated carbocycles. The molecule has 4 N–H and O–H groups in total. The highest BCUT2D eigenvalue weighted by Gasteiger charge is 2.46. The van der Waals surface area contributed by atoms with Gasteiger partial charge in [-0.15, -0.1) is 0 Å². The summed E-state index contributed by atoms with van der Waals surface area (Å²) in [5, 5.41) is 8.94. The van der Waals surface area contributed by atoms with Crippen LogP contribution in [0.25, 0.3) is 0 Å². The number of nitrogens with one attached hydrogen (secondary N) is 1. The number of nitrogens with two attached hydrogens (primary N) is 1. The first-order chi connectivity index (χ1) is 7.78. The summed E-state index contributed by atoms with van der Waals surface area (Å²) in [5.41, 5.74) is 2.01. The van der Waals surface area contributed by atoms with Gasteiger partial charge in [0.25, 0.3) is 0 Å². The van der Waals surface area contributed by atoms with Crippen molar-refractivity contribution in [2.45, 2.75) is 31.9 Å². The molecule has 0 radical (unpaired) electrons. The summed E-state index contributed by atoms with van der Waals surface area (Å²) in [5.74, 6) is -2.88. The predicted molar refractivity (Wildman–Crippen MR) is 63.2 cm³/mol. The van der Waals surface area contributed by atoms with Crippen molar-refractivity contribution in [2.75, 3.05) is 12.8 Å². The normalized spacial score (nSPS) is 15.8. The molecule has 0 rings (SSSR count). The van der Waals surface area contributed by atoms with Crippen LogP contribution in [0.5, 0.6) is 0 Å². The SMILES string of the molecule is CC(C)(C)OC(=O)[C@](N)(CNS(C)(=O)=O)C(=O)O. The van der Waals surface area contributed by atoms with Crippen molar-refractivity contribution < 1.29 is 27.9 Å². The molecule has 0 aliphatic rings. The molecule has 8 nitrogen and oxygen atoms in total. The summed E-state index contributed by atoms with van der Waals surface area (Å²) in [4.78, 5) is 22.7. The van der Waals surface area contributed by atoms with E-state index in [1.54, 1.807) is 0 Å². The Morgan fingerprint density at radius 1 is 1.33 bits per heavy atom. The highest BCUT2D eigenvalue weighted by atomic mass is 32.2. The summed E-state index contributed by atoms with van der Waals surface area (Å²) >= 11 is 0. The second kappa shape index (κ2) is 5.21. The Kier molecular flexibility index (Phi) is 4.86. The van der Waals surface area contributed by atoms with E-state index in [1.807, 2.05) is 4.72 Å². The monoisotopic (exact) mass is 282 g/mol. The number of carbonyl (C=O) groups is 2. The van der Waals surface area contributed by atoms with Gasteiger partial charge >= 0.3 is 11.9 Å². The Labute approximate surface area is 106 Å². The molecule has 0 amide bonds. The molecule has 1 atom stereocenters. The maximum Gasteiger partial charge on any atom is 0.339 e. The van der Waals surface area contributed by atoms with Crippen LogP contribution < -0.4 is 10.5 Å². The average molecular weight is 282 g/mol. The third-order valence-corrected chi connectivity index (χ3v) is 2.43. The molecule has 0 aliphatic heterocycles. The smallest absolute Gasteiger partial charge is 0.339 e. The second-order valence-electron chi connectivity index (χ2n) is 4.87. The summed E-state index contributed by atoms with van der Waals surface area (Å²) in [6.45, 7) is 3.83. The maximum atomic E-state index is 11.7. The molecule has 0 unspecified atom stereocenters. The van der Waals surface area contributed by atoms with Crippen LogP contribution in [0.3, 0.4) is 0 Å². The van der Waals surface area contributed by atoms with Crippen LogP contribution in [0.1, 0.15) is 20.8 Å². The molecule has 0 aromatic carbocycles. The summed E-state index contributed by atoms with van der Waals surface area (Å²) in [6, 6.07) is 0. The quantitative estimate of drug-likeness (QED) is 0.419. The van der Waals surface area contributed by atoms with Crippen LogP contribution in [0.15, 0.2) is 0 Å². The first kappa shape index (κ1) is 16.8. The van der Waals surface area contributed by atoms with Gasteiger partial charge in [-0.3, -0.25) is 0 Å². The Hall–Kier alpha value is -1.19. The van der Waals surface area contributed by atoms with Gasteiger partial charge in [0.15, 0.2) is 0 Å². The molecule has 0 fully saturated rings. The highest BCUT2D eigenvalue weighted by molar-refractivity contribution is 7.88. The van der Waals surface area contributed by atoms with E-state index in [0.717, 1.165) is 6.26 Å². The van der Waals surface area contributed by atoms with Crippen molar-refractivity contribution >= 4 is 22.0 Å². The molecule has 0 bridgehead atoms. The minimum absolute atomic E-state index is 0.782. The van der Waals surface area contributed by atoms with Crippen molar-refractivity contribution in [1.29, 1.82) is 0 Å². The summed E-state index contributed by atoms with van der Waals surface area (Å²) < 4.78 is 28.5. The van der Waals surface area contributed by atoms with Crippen molar-refractivity contribution in [1.82, 2.24) is 4.72 Å². The van der Waals surface area contributed by atoms with Crippen LogP contribution in [0, 0.1) is 0 Å². The van der Waals surface area contributed by atoms with E-state index >= 15 is 0 Å². The number of hydrogen-bond acceptors (Lipinski definition) is 6. The number of carboxylic acid groups (broad SMARTS) is 1. The standard InChI is InChI=1S/C9H18N2O6S/c1-8(2,3)17-7(14)9(10,6(12)13)5-11-18(4,15)16/h11H,5,10H2,1-4H3,(H,12,13)/t9-/m0/s1. The molecule has 0 aromatic rings. The maximum absolute atomic E-state index is 11.7. The van der Waals surface area contributed by atoms with Crippen LogP contribution in [-0.4, -0.2) is 49.4 Å². The van der Waals surface area contributed by atoms with Crippen LogP contribution >= 0.6 is 0 Å². The van der Waals surface area contributed by atoms with Gasteiger partial charge in [0.2, 0.25) is 15.6 Å². The fourth-order valence-electron chi connectivity index (χ4n) is 0.849. The fraction of sp³-hybridized carbons (Fsp3) is 0.778. The molecule has 0 heterocycles. The summed E-state index contributed by atoms with van der Waals surface area (Å²) in [6.07, 6.45) is 0.824. The third kappa shape index (κ3) is 5.43. The number of sulfonamides is 1. The van der Waals surface area contributed by atoms with Crippen molar-refractivity contribution in [3.63, 3.8) is 0 Å². The van der Waals surface area contributed by atoms with Gasteiger partial charge in [-0.25, -0.2) is 22.7 Å². The Morgan fingerprint density at radius 3 is 2.06 bits per heavy atom. The number of carboxylic acids is 1. The van der Waals surface area contributed by atoms with Gasteiger partial charge in [0.1, 0.15) is 5.60 Å². The first-order valence-electron chi connectivity index (χ1n) is 4.98. The number of rotatable bonds is 5. The van der Waals surface area contributed by atoms with E-state index in [1.165, 1.54) is 20.8 Å². The largest absolute Gasteiger partial charge is 0.479 e. The van der Waals surface area contributed by atoms with E-state index in [0.29, 0.717) is 0 Å². The first-order valence-corrected chi connectivity index (χ1v) is 6.87. The molecular formula is C9H18N2O6S. The number of hydrogen-bond donors (Lipinski definition) is 3. The van der Waals surface area contributed by atoms with Crippen LogP contribution in [-0.2, 0) is 24.3 Å². The van der Waals surface area contributed by atoms with Crippen molar-refractivity contribution in [2.24, 2.45) is 5.73 Å². The molecule has 0 aromatic heterocycles. The lowest BCUT2D eigenvalue weighted by Gasteiger charge is -2.27. The number of esters is 1. The zero-order valence-corrected chi connectivity index (χ0v) is 11.5. The molecule has 18 heavy (non-hydrogen) atoms. The lowest BCUT2D eigenvalue weighted by molar-refractivity contribution is -0.168. The van der Waals surface area contributed by atoms with Gasteiger partial charge in [-0.05, 0) is 20.8 Å². The Morgan fingerprint density at radius 2 is 1.78 bits per heavy atom.